The van der Waals surface area contributed by atoms with E-state index < -0.39 is 0 Å². The summed E-state index contributed by atoms with van der Waals surface area (Å²) in [6, 6.07) is 0. The van der Waals surface area contributed by atoms with Gasteiger partial charge in [-0.05, 0) is 6.42 Å². The van der Waals surface area contributed by atoms with Gasteiger partial charge in [0, 0.05) is 6.42 Å². The smallest absolute Gasteiger partial charge is 0.233 e. The lowest BCUT2D eigenvalue weighted by Gasteiger charge is -2.03. The lowest BCUT2D eigenvalue weighted by Crippen LogP contribution is -2.13. The maximum atomic E-state index is 11.5. The molecule has 0 atom stereocenters. The number of aromatic nitrogens is 4. The van der Waals surface area contributed by atoms with Crippen molar-refractivity contribution in [1.82, 2.24) is 19.9 Å². The number of hydrogen-bond acceptors (Lipinski definition) is 4. The van der Waals surface area contributed by atoms with Crippen LogP contribution in [0.3, 0.4) is 0 Å². The number of H-pyrrole nitrogens is 1. The van der Waals surface area contributed by atoms with Gasteiger partial charge in [-0.15, -0.1) is 0 Å². The van der Waals surface area contributed by atoms with Crippen molar-refractivity contribution in [1.29, 1.82) is 0 Å². The molecule has 0 bridgehead atoms. The summed E-state index contributed by atoms with van der Waals surface area (Å²) < 4.78 is 0. The lowest BCUT2D eigenvalue weighted by molar-refractivity contribution is -0.116. The van der Waals surface area contributed by atoms with Crippen molar-refractivity contribution in [3.63, 3.8) is 0 Å². The second-order valence-electron chi connectivity index (χ2n) is 3.59. The van der Waals surface area contributed by atoms with Gasteiger partial charge in [0.15, 0.2) is 10.8 Å². The molecule has 0 saturated carbocycles. The molecular formula is C10H12ClN5O. The molecule has 2 N–H and O–H groups in total. The molecule has 0 spiro atoms. The zero-order valence-corrected chi connectivity index (χ0v) is 10.1. The molecule has 0 aliphatic rings. The molecule has 0 radical (unpaired) electrons. The van der Waals surface area contributed by atoms with Gasteiger partial charge in [-0.25, -0.2) is 4.98 Å². The van der Waals surface area contributed by atoms with Crippen LogP contribution in [0.25, 0.3) is 11.2 Å². The Morgan fingerprint density at radius 1 is 1.53 bits per heavy atom. The van der Waals surface area contributed by atoms with Crippen LogP contribution in [-0.4, -0.2) is 25.8 Å². The van der Waals surface area contributed by atoms with E-state index in [0.29, 0.717) is 17.6 Å². The monoisotopic (exact) mass is 253 g/mol. The van der Waals surface area contributed by atoms with Gasteiger partial charge in [0.2, 0.25) is 11.9 Å². The number of halogens is 1. The van der Waals surface area contributed by atoms with Gasteiger partial charge in [0.1, 0.15) is 5.52 Å². The topological polar surface area (TPSA) is 83.6 Å². The first-order valence-corrected chi connectivity index (χ1v) is 5.75. The van der Waals surface area contributed by atoms with Gasteiger partial charge in [-0.1, -0.05) is 24.9 Å². The van der Waals surface area contributed by atoms with Crippen LogP contribution in [0, 0.1) is 0 Å². The standard InChI is InChI=1S/C10H12ClN5O/c1-2-3-4-6(17)14-10-15-8(11)7-9(16-10)13-5-12-7/h5H,2-4H2,1H3,(H2,12,13,14,15,16,17). The van der Waals surface area contributed by atoms with Crippen molar-refractivity contribution in [2.75, 3.05) is 5.32 Å². The van der Waals surface area contributed by atoms with E-state index in [9.17, 15) is 4.79 Å². The maximum Gasteiger partial charge on any atom is 0.233 e. The van der Waals surface area contributed by atoms with Crippen molar-refractivity contribution in [2.45, 2.75) is 26.2 Å². The number of fused-ring (bicyclic) bond motifs is 1. The second-order valence-corrected chi connectivity index (χ2v) is 3.95. The Morgan fingerprint density at radius 3 is 3.12 bits per heavy atom. The first kappa shape index (κ1) is 11.8. The van der Waals surface area contributed by atoms with Crippen molar-refractivity contribution in [2.24, 2.45) is 0 Å². The van der Waals surface area contributed by atoms with Crippen LogP contribution in [0.1, 0.15) is 26.2 Å². The number of carbonyl (C=O) groups is 1. The number of hydrogen-bond donors (Lipinski definition) is 2. The number of rotatable bonds is 4. The molecule has 90 valence electrons. The molecule has 0 unspecified atom stereocenters. The van der Waals surface area contributed by atoms with E-state index in [1.807, 2.05) is 6.92 Å². The molecule has 2 rings (SSSR count). The molecular weight excluding hydrogens is 242 g/mol. The average Bonchev–Trinajstić information content (AvgIpc) is 2.75. The molecule has 6 nitrogen and oxygen atoms in total. The highest BCUT2D eigenvalue weighted by Crippen LogP contribution is 2.18. The number of imidazole rings is 1. The summed E-state index contributed by atoms with van der Waals surface area (Å²) >= 11 is 5.92. The third-order valence-electron chi connectivity index (χ3n) is 2.25. The predicted molar refractivity (Wildman–Crippen MR) is 64.8 cm³/mol. The number of anilines is 1. The van der Waals surface area contributed by atoms with Crippen molar-refractivity contribution >= 4 is 34.6 Å². The van der Waals surface area contributed by atoms with E-state index in [1.54, 1.807) is 0 Å². The molecule has 0 saturated heterocycles. The maximum absolute atomic E-state index is 11.5. The first-order chi connectivity index (χ1) is 8.20. The first-order valence-electron chi connectivity index (χ1n) is 5.37. The molecule has 0 aliphatic carbocycles. The summed E-state index contributed by atoms with van der Waals surface area (Å²) in [6.07, 6.45) is 3.74. The average molecular weight is 254 g/mol. The Balaban J connectivity index is 2.16. The fourth-order valence-corrected chi connectivity index (χ4v) is 1.60. The van der Waals surface area contributed by atoms with E-state index in [0.717, 1.165) is 12.8 Å². The Hall–Kier alpha value is -1.69. The van der Waals surface area contributed by atoms with Crippen LogP contribution in [0.5, 0.6) is 0 Å². The van der Waals surface area contributed by atoms with Gasteiger partial charge < -0.3 is 4.98 Å². The van der Waals surface area contributed by atoms with Gasteiger partial charge in [0.05, 0.1) is 6.33 Å². The summed E-state index contributed by atoms with van der Waals surface area (Å²) in [7, 11) is 0. The molecule has 1 amide bonds. The van der Waals surface area contributed by atoms with Crippen LogP contribution in [-0.2, 0) is 4.79 Å². The van der Waals surface area contributed by atoms with Gasteiger partial charge >= 0.3 is 0 Å². The third-order valence-corrected chi connectivity index (χ3v) is 2.52. The molecule has 0 aromatic carbocycles. The van der Waals surface area contributed by atoms with Gasteiger partial charge in [0.25, 0.3) is 0 Å². The lowest BCUT2D eigenvalue weighted by atomic mass is 10.2. The summed E-state index contributed by atoms with van der Waals surface area (Å²) in [5, 5.41) is 2.85. The highest BCUT2D eigenvalue weighted by Gasteiger charge is 2.10. The van der Waals surface area contributed by atoms with Crippen molar-refractivity contribution in [3.05, 3.63) is 11.5 Å². The molecule has 2 heterocycles. The second kappa shape index (κ2) is 5.09. The zero-order chi connectivity index (χ0) is 12.3. The molecule has 2 aromatic rings. The predicted octanol–water partition coefficient (Wildman–Crippen LogP) is 2.13. The van der Waals surface area contributed by atoms with E-state index in [1.165, 1.54) is 6.33 Å². The van der Waals surface area contributed by atoms with E-state index in [2.05, 4.69) is 25.3 Å². The minimum absolute atomic E-state index is 0.113. The SMILES string of the molecule is CCCCC(=O)Nc1nc(Cl)c2[nH]cnc2n1. The van der Waals surface area contributed by atoms with Crippen molar-refractivity contribution in [3.8, 4) is 0 Å². The summed E-state index contributed by atoms with van der Waals surface area (Å²) in [6.45, 7) is 2.02. The fourth-order valence-electron chi connectivity index (χ4n) is 1.38. The Kier molecular flexibility index (Phi) is 3.53. The van der Waals surface area contributed by atoms with Crippen LogP contribution in [0.4, 0.5) is 5.95 Å². The van der Waals surface area contributed by atoms with Gasteiger partial charge in [-0.2, -0.15) is 9.97 Å². The van der Waals surface area contributed by atoms with E-state index >= 15 is 0 Å². The summed E-state index contributed by atoms with van der Waals surface area (Å²) in [5.74, 6) is 0.0773. The van der Waals surface area contributed by atoms with Crippen LogP contribution < -0.4 is 5.32 Å². The Bertz CT molecular complexity index is 538. The minimum Gasteiger partial charge on any atom is -0.341 e. The fraction of sp³-hybridized carbons (Fsp3) is 0.400. The zero-order valence-electron chi connectivity index (χ0n) is 9.33. The largest absolute Gasteiger partial charge is 0.341 e. The third kappa shape index (κ3) is 2.71. The van der Waals surface area contributed by atoms with Crippen molar-refractivity contribution < 1.29 is 4.79 Å². The quantitative estimate of drug-likeness (QED) is 0.818. The molecule has 2 aromatic heterocycles. The van der Waals surface area contributed by atoms with E-state index in [4.69, 9.17) is 11.6 Å². The summed E-state index contributed by atoms with van der Waals surface area (Å²) in [5.41, 5.74) is 1.01. The number of nitrogens with one attached hydrogen (secondary N) is 2. The number of carbonyl (C=O) groups excluding carboxylic acids is 1. The number of aromatic amines is 1. The number of nitrogens with zero attached hydrogens (tertiary/aromatic N) is 3. The molecule has 7 heteroatoms. The van der Waals surface area contributed by atoms with Gasteiger partial charge in [-0.3, -0.25) is 10.1 Å². The van der Waals surface area contributed by atoms with Crippen LogP contribution >= 0.6 is 11.6 Å². The normalized spacial score (nSPS) is 10.7. The molecule has 17 heavy (non-hydrogen) atoms. The Morgan fingerprint density at radius 2 is 2.35 bits per heavy atom. The highest BCUT2D eigenvalue weighted by atomic mass is 35.5. The number of unbranched alkanes of at least 4 members (excludes halogenated alkanes) is 1. The van der Waals surface area contributed by atoms with Crippen LogP contribution in [0.2, 0.25) is 5.15 Å². The highest BCUT2D eigenvalue weighted by molar-refractivity contribution is 6.33. The Labute approximate surface area is 103 Å². The minimum atomic E-state index is -0.113. The summed E-state index contributed by atoms with van der Waals surface area (Å²) in [4.78, 5) is 26.3. The van der Waals surface area contributed by atoms with E-state index in [-0.39, 0.29) is 17.0 Å². The number of amides is 1. The molecule has 0 fully saturated rings. The molecule has 0 aliphatic heterocycles. The van der Waals surface area contributed by atoms with Crippen LogP contribution in [0.15, 0.2) is 6.33 Å².